The minimum absolute atomic E-state index is 0.304. The zero-order valence-corrected chi connectivity index (χ0v) is 18.0. The predicted octanol–water partition coefficient (Wildman–Crippen LogP) is 5.58. The molecular weight excluding hydrogens is 418 g/mol. The smallest absolute Gasteiger partial charge is 0.210 e. The maximum atomic E-state index is 13.7. The van der Waals surface area contributed by atoms with E-state index in [0.29, 0.717) is 26.5 Å². The highest BCUT2D eigenvalue weighted by Crippen LogP contribution is 2.41. The fraction of sp³-hybridized carbons (Fsp3) is 0.0385. The highest BCUT2D eigenvalue weighted by Gasteiger charge is 2.33. The first-order valence-electron chi connectivity index (χ1n) is 10.4. The first-order valence-corrected chi connectivity index (χ1v) is 11.9. The molecule has 0 saturated carbocycles. The summed E-state index contributed by atoms with van der Waals surface area (Å²) in [6.07, 6.45) is 0. The third kappa shape index (κ3) is 2.07. The molecule has 3 heterocycles. The van der Waals surface area contributed by atoms with Gasteiger partial charge >= 0.3 is 0 Å². The van der Waals surface area contributed by atoms with Gasteiger partial charge in [-0.2, -0.15) is 0 Å². The molecule has 32 heavy (non-hydrogen) atoms. The van der Waals surface area contributed by atoms with Gasteiger partial charge < -0.3 is 4.57 Å². The number of fused-ring (bicyclic) bond motifs is 5. The molecule has 0 unspecified atom stereocenters. The van der Waals surface area contributed by atoms with Crippen molar-refractivity contribution in [2.75, 3.05) is 0 Å². The Kier molecular flexibility index (Phi) is 3.25. The molecule has 7 rings (SSSR count). The lowest BCUT2D eigenvalue weighted by Gasteiger charge is -2.21. The summed E-state index contributed by atoms with van der Waals surface area (Å²) in [4.78, 5) is 5.21. The van der Waals surface area contributed by atoms with E-state index in [2.05, 4.69) is 33.8 Å². The second-order valence-corrected chi connectivity index (χ2v) is 10.0. The van der Waals surface area contributed by atoms with Gasteiger partial charge in [0.1, 0.15) is 5.82 Å². The van der Waals surface area contributed by atoms with Gasteiger partial charge in [-0.05, 0) is 49.4 Å². The molecular formula is C26H17N3O2S. The lowest BCUT2D eigenvalue weighted by Crippen LogP contribution is -2.15. The maximum absolute atomic E-state index is 13.7. The molecule has 1 aliphatic heterocycles. The quantitative estimate of drug-likeness (QED) is 0.338. The van der Waals surface area contributed by atoms with Gasteiger partial charge in [0, 0.05) is 16.5 Å². The lowest BCUT2D eigenvalue weighted by atomic mass is 10.2. The van der Waals surface area contributed by atoms with E-state index in [4.69, 9.17) is 0 Å². The number of aryl methyl sites for hydroxylation is 1. The molecule has 0 bridgehead atoms. The molecule has 0 aliphatic carbocycles. The summed E-state index contributed by atoms with van der Waals surface area (Å²) in [5.41, 5.74) is 4.90. The number of imidazole rings is 1. The van der Waals surface area contributed by atoms with Crippen LogP contribution in [0.1, 0.15) is 5.82 Å². The van der Waals surface area contributed by atoms with Crippen LogP contribution in [0, 0.1) is 6.92 Å². The number of hydrogen-bond donors (Lipinski definition) is 0. The molecule has 6 heteroatoms. The average Bonchev–Trinajstić information content (AvgIpc) is 3.32. The van der Waals surface area contributed by atoms with Crippen molar-refractivity contribution in [1.29, 1.82) is 0 Å². The molecule has 0 spiro atoms. The van der Waals surface area contributed by atoms with E-state index >= 15 is 0 Å². The van der Waals surface area contributed by atoms with Gasteiger partial charge in [-0.3, -0.25) is 4.57 Å². The summed E-state index contributed by atoms with van der Waals surface area (Å²) in [6, 6.07) is 27.4. The van der Waals surface area contributed by atoms with Gasteiger partial charge in [0.05, 0.1) is 37.5 Å². The second kappa shape index (κ2) is 5.87. The summed E-state index contributed by atoms with van der Waals surface area (Å²) in [6.45, 7) is 1.91. The van der Waals surface area contributed by atoms with Crippen molar-refractivity contribution in [1.82, 2.24) is 14.1 Å². The normalized spacial score (nSPS) is 14.3. The first-order chi connectivity index (χ1) is 15.6. The van der Waals surface area contributed by atoms with Gasteiger partial charge in [0.15, 0.2) is 0 Å². The molecule has 0 saturated heterocycles. The van der Waals surface area contributed by atoms with Crippen LogP contribution >= 0.6 is 0 Å². The Hall–Kier alpha value is -3.90. The number of rotatable bonds is 1. The maximum Gasteiger partial charge on any atom is 0.210 e. The van der Waals surface area contributed by atoms with Crippen LogP contribution in [0.25, 0.3) is 44.2 Å². The molecule has 0 fully saturated rings. The number of para-hydroxylation sites is 3. The fourth-order valence-electron chi connectivity index (χ4n) is 5.08. The second-order valence-electron chi connectivity index (χ2n) is 8.14. The largest absolute Gasteiger partial charge is 0.309 e. The van der Waals surface area contributed by atoms with Crippen molar-refractivity contribution in [3.63, 3.8) is 0 Å². The van der Waals surface area contributed by atoms with Gasteiger partial charge in [0.25, 0.3) is 0 Å². The highest BCUT2D eigenvalue weighted by atomic mass is 32.2. The summed E-state index contributed by atoms with van der Waals surface area (Å²) >= 11 is 0. The Morgan fingerprint density at radius 3 is 2.12 bits per heavy atom. The van der Waals surface area contributed by atoms with Gasteiger partial charge in [-0.25, -0.2) is 13.4 Å². The van der Waals surface area contributed by atoms with E-state index in [1.165, 1.54) is 0 Å². The van der Waals surface area contributed by atoms with Gasteiger partial charge in [0.2, 0.25) is 9.84 Å². The zero-order valence-electron chi connectivity index (χ0n) is 17.1. The summed E-state index contributed by atoms with van der Waals surface area (Å²) in [5, 5.41) is 2.28. The highest BCUT2D eigenvalue weighted by molar-refractivity contribution is 7.92. The number of hydrogen-bond acceptors (Lipinski definition) is 3. The average molecular weight is 436 g/mol. The number of nitrogens with zero attached hydrogens (tertiary/aromatic N) is 3. The van der Waals surface area contributed by atoms with Gasteiger partial charge in [-0.1, -0.05) is 42.5 Å². The third-order valence-corrected chi connectivity index (χ3v) is 8.22. The van der Waals surface area contributed by atoms with Crippen LogP contribution < -0.4 is 0 Å². The summed E-state index contributed by atoms with van der Waals surface area (Å²) < 4.78 is 31.5. The monoisotopic (exact) mass is 435 g/mol. The molecule has 0 amide bonds. The van der Waals surface area contributed by atoms with Crippen LogP contribution in [0.3, 0.4) is 0 Å². The number of sulfone groups is 1. The predicted molar refractivity (Wildman–Crippen MR) is 126 cm³/mol. The molecule has 6 aromatic rings. The van der Waals surface area contributed by atoms with Crippen molar-refractivity contribution >= 4 is 42.7 Å². The minimum atomic E-state index is -3.69. The SMILES string of the molecule is Cc1nc2cccc3c2n1-c1ccc(-n2c4ccccc4c4ccccc42)cc1S3(=O)=O. The van der Waals surface area contributed by atoms with Crippen LogP contribution in [0.4, 0.5) is 0 Å². The van der Waals surface area contributed by atoms with Crippen LogP contribution in [-0.4, -0.2) is 22.5 Å². The van der Waals surface area contributed by atoms with E-state index in [1.54, 1.807) is 18.2 Å². The van der Waals surface area contributed by atoms with Crippen LogP contribution in [-0.2, 0) is 9.84 Å². The molecule has 0 atom stereocenters. The Bertz CT molecular complexity index is 1810. The van der Waals surface area contributed by atoms with Crippen molar-refractivity contribution in [2.24, 2.45) is 0 Å². The van der Waals surface area contributed by atoms with E-state index in [1.807, 2.05) is 54.0 Å². The van der Waals surface area contributed by atoms with Gasteiger partial charge in [-0.15, -0.1) is 0 Å². The minimum Gasteiger partial charge on any atom is -0.309 e. The standard InChI is InChI=1S/C26H17N3O2S/c1-16-27-20-9-6-12-24-26(20)28(16)23-14-13-17(15-25(23)32(24,30)31)29-21-10-4-2-7-18(21)19-8-3-5-11-22(19)29/h2-15H,1H3. The lowest BCUT2D eigenvalue weighted by molar-refractivity contribution is 0.594. The Balaban J connectivity index is 1.60. The topological polar surface area (TPSA) is 56.9 Å². The summed E-state index contributed by atoms with van der Waals surface area (Å²) in [7, 11) is -3.69. The summed E-state index contributed by atoms with van der Waals surface area (Å²) in [5.74, 6) is 0.771. The van der Waals surface area contributed by atoms with E-state index < -0.39 is 9.84 Å². The van der Waals surface area contributed by atoms with Crippen molar-refractivity contribution in [3.05, 3.63) is 90.8 Å². The molecule has 0 radical (unpaired) electrons. The van der Waals surface area contributed by atoms with E-state index in [0.717, 1.165) is 33.3 Å². The van der Waals surface area contributed by atoms with E-state index in [-0.39, 0.29) is 0 Å². The molecule has 2 aromatic heterocycles. The van der Waals surface area contributed by atoms with Crippen LogP contribution in [0.15, 0.2) is 94.7 Å². The Labute approximate surface area is 184 Å². The Morgan fingerprint density at radius 2 is 1.41 bits per heavy atom. The van der Waals surface area contributed by atoms with E-state index in [9.17, 15) is 8.42 Å². The zero-order chi connectivity index (χ0) is 21.6. The molecule has 1 aliphatic rings. The molecule has 0 N–H and O–H groups in total. The fourth-order valence-corrected chi connectivity index (χ4v) is 6.74. The number of aromatic nitrogens is 3. The van der Waals surface area contributed by atoms with Crippen molar-refractivity contribution < 1.29 is 8.42 Å². The first kappa shape index (κ1) is 17.7. The van der Waals surface area contributed by atoms with Crippen molar-refractivity contribution in [2.45, 2.75) is 16.7 Å². The molecule has 5 nitrogen and oxygen atoms in total. The van der Waals surface area contributed by atoms with Crippen molar-refractivity contribution in [3.8, 4) is 11.4 Å². The van der Waals surface area contributed by atoms with Crippen LogP contribution in [0.5, 0.6) is 0 Å². The molecule has 4 aromatic carbocycles. The number of benzene rings is 4. The Morgan fingerprint density at radius 1 is 0.719 bits per heavy atom. The van der Waals surface area contributed by atoms with Crippen LogP contribution in [0.2, 0.25) is 0 Å². The third-order valence-electron chi connectivity index (χ3n) is 6.41. The molecule has 154 valence electrons.